The molecule has 0 bridgehead atoms. The Morgan fingerprint density at radius 2 is 1.83 bits per heavy atom. The summed E-state index contributed by atoms with van der Waals surface area (Å²) in [6.45, 7) is 1.69. The zero-order valence-electron chi connectivity index (χ0n) is 13.2. The molecule has 5 nitrogen and oxygen atoms in total. The van der Waals surface area contributed by atoms with E-state index in [-0.39, 0.29) is 17.7 Å². The molecule has 0 aliphatic rings. The van der Waals surface area contributed by atoms with E-state index in [1.54, 1.807) is 47.2 Å². The van der Waals surface area contributed by atoms with Gasteiger partial charge < -0.3 is 14.8 Å². The first kappa shape index (κ1) is 15.8. The molecule has 0 fully saturated rings. The third-order valence-corrected chi connectivity index (χ3v) is 3.95. The molecular formula is C19H17NO4. The molecule has 0 saturated carbocycles. The summed E-state index contributed by atoms with van der Waals surface area (Å²) >= 11 is 0. The van der Waals surface area contributed by atoms with E-state index in [2.05, 4.69) is 0 Å². The van der Waals surface area contributed by atoms with Gasteiger partial charge >= 0.3 is 5.97 Å². The highest BCUT2D eigenvalue weighted by Crippen LogP contribution is 2.17. The summed E-state index contributed by atoms with van der Waals surface area (Å²) in [4.78, 5) is 23.9. The lowest BCUT2D eigenvalue weighted by Crippen LogP contribution is -2.18. The fraction of sp³-hybridized carbons (Fsp3) is 0.158. The zero-order chi connectivity index (χ0) is 17.3. The second-order valence-electron chi connectivity index (χ2n) is 5.87. The van der Waals surface area contributed by atoms with Crippen molar-refractivity contribution in [2.45, 2.75) is 19.9 Å². The van der Waals surface area contributed by atoms with Gasteiger partial charge in [-0.2, -0.15) is 0 Å². The van der Waals surface area contributed by atoms with E-state index in [0.29, 0.717) is 22.9 Å². The average molecular weight is 323 g/mol. The van der Waals surface area contributed by atoms with Crippen LogP contribution in [0.3, 0.4) is 0 Å². The highest BCUT2D eigenvalue weighted by molar-refractivity contribution is 5.82. The quantitative estimate of drug-likeness (QED) is 0.773. The number of nitrogens with zero attached hydrogens (tertiary/aromatic N) is 1. The van der Waals surface area contributed by atoms with Gasteiger partial charge in [-0.15, -0.1) is 0 Å². The van der Waals surface area contributed by atoms with Crippen LogP contribution < -0.4 is 5.43 Å². The number of aromatic hydroxyl groups is 1. The van der Waals surface area contributed by atoms with Crippen LogP contribution in [0, 0.1) is 6.92 Å². The van der Waals surface area contributed by atoms with E-state index < -0.39 is 5.97 Å². The number of rotatable bonds is 4. The molecular weight excluding hydrogens is 306 g/mol. The van der Waals surface area contributed by atoms with Crippen molar-refractivity contribution in [2.24, 2.45) is 0 Å². The van der Waals surface area contributed by atoms with Crippen LogP contribution in [-0.4, -0.2) is 20.7 Å². The summed E-state index contributed by atoms with van der Waals surface area (Å²) in [5.41, 5.74) is 2.87. The largest absolute Gasteiger partial charge is 0.508 e. The number of benzene rings is 2. The van der Waals surface area contributed by atoms with Crippen molar-refractivity contribution in [3.05, 3.63) is 75.6 Å². The molecule has 3 rings (SSSR count). The number of hydrogen-bond acceptors (Lipinski definition) is 3. The van der Waals surface area contributed by atoms with Crippen LogP contribution in [0.2, 0.25) is 0 Å². The summed E-state index contributed by atoms with van der Waals surface area (Å²) in [5, 5.41) is 19.0. The minimum atomic E-state index is -0.962. The summed E-state index contributed by atoms with van der Waals surface area (Å²) < 4.78 is 1.59. The maximum Gasteiger partial charge on any atom is 0.323 e. The molecule has 2 aromatic carbocycles. The normalized spacial score (nSPS) is 10.9. The summed E-state index contributed by atoms with van der Waals surface area (Å²) in [7, 11) is 0. The van der Waals surface area contributed by atoms with Gasteiger partial charge in [0.2, 0.25) is 0 Å². The van der Waals surface area contributed by atoms with E-state index in [1.807, 2.05) is 13.0 Å². The van der Waals surface area contributed by atoms with E-state index in [9.17, 15) is 14.7 Å². The number of pyridine rings is 1. The summed E-state index contributed by atoms with van der Waals surface area (Å²) in [6.07, 6.45) is 1.99. The third kappa shape index (κ3) is 3.15. The number of fused-ring (bicyclic) bond motifs is 1. The number of carboxylic acids is 1. The summed E-state index contributed by atoms with van der Waals surface area (Å²) in [6, 6.07) is 12.1. The van der Waals surface area contributed by atoms with Crippen molar-refractivity contribution in [3.63, 3.8) is 0 Å². The van der Waals surface area contributed by atoms with Gasteiger partial charge in [-0.05, 0) is 36.8 Å². The maximum absolute atomic E-state index is 12.8. The monoisotopic (exact) mass is 323 g/mol. The Bertz CT molecular complexity index is 971. The smallest absolute Gasteiger partial charge is 0.323 e. The van der Waals surface area contributed by atoms with Crippen LogP contribution in [0.5, 0.6) is 5.75 Å². The van der Waals surface area contributed by atoms with Gasteiger partial charge in [0.15, 0.2) is 5.43 Å². The number of hydrogen-bond donors (Lipinski definition) is 2. The Kier molecular flexibility index (Phi) is 4.08. The van der Waals surface area contributed by atoms with Crippen molar-refractivity contribution in [3.8, 4) is 5.75 Å². The molecule has 0 unspecified atom stereocenters. The first-order valence-electron chi connectivity index (χ1n) is 7.56. The van der Waals surface area contributed by atoms with Gasteiger partial charge in [0.25, 0.3) is 0 Å². The Balaban J connectivity index is 2.16. The Hall–Kier alpha value is -3.08. The second-order valence-corrected chi connectivity index (χ2v) is 5.87. The number of phenolic OH excluding ortho intramolecular Hbond substituents is 1. The molecule has 1 aromatic heterocycles. The molecule has 0 saturated heterocycles. The number of aliphatic carboxylic acids is 1. The maximum atomic E-state index is 12.8. The fourth-order valence-corrected chi connectivity index (χ4v) is 2.81. The standard InChI is InChI=1S/C19H17NO4/c1-12-2-7-17-16(8-12)19(24)14(10-20(17)11-18(22)23)9-13-3-5-15(21)6-4-13/h2-8,10,21H,9,11H2,1H3,(H,22,23). The van der Waals surface area contributed by atoms with Gasteiger partial charge in [0, 0.05) is 23.6 Å². The first-order chi connectivity index (χ1) is 11.4. The average Bonchev–Trinajstić information content (AvgIpc) is 2.53. The number of aromatic nitrogens is 1. The molecule has 0 aliphatic heterocycles. The molecule has 0 amide bonds. The van der Waals surface area contributed by atoms with Crippen molar-refractivity contribution in [1.82, 2.24) is 4.57 Å². The molecule has 3 aromatic rings. The van der Waals surface area contributed by atoms with Crippen LogP contribution in [0.25, 0.3) is 10.9 Å². The lowest BCUT2D eigenvalue weighted by Gasteiger charge is -2.12. The molecule has 5 heteroatoms. The van der Waals surface area contributed by atoms with Crippen LogP contribution >= 0.6 is 0 Å². The second kappa shape index (κ2) is 6.20. The fourth-order valence-electron chi connectivity index (χ4n) is 2.81. The molecule has 0 atom stereocenters. The first-order valence-corrected chi connectivity index (χ1v) is 7.56. The number of phenols is 1. The minimum Gasteiger partial charge on any atom is -0.508 e. The molecule has 0 aliphatic carbocycles. The van der Waals surface area contributed by atoms with Crippen LogP contribution in [0.15, 0.2) is 53.5 Å². The van der Waals surface area contributed by atoms with Crippen LogP contribution in [0.1, 0.15) is 16.7 Å². The van der Waals surface area contributed by atoms with Crippen LogP contribution in [-0.2, 0) is 17.8 Å². The van der Waals surface area contributed by atoms with Gasteiger partial charge in [-0.25, -0.2) is 0 Å². The van der Waals surface area contributed by atoms with Gasteiger partial charge in [0.05, 0.1) is 5.52 Å². The Morgan fingerprint density at radius 3 is 2.50 bits per heavy atom. The lowest BCUT2D eigenvalue weighted by atomic mass is 10.0. The van der Waals surface area contributed by atoms with E-state index >= 15 is 0 Å². The van der Waals surface area contributed by atoms with Crippen molar-refractivity contribution < 1.29 is 15.0 Å². The van der Waals surface area contributed by atoms with Crippen molar-refractivity contribution >= 4 is 16.9 Å². The van der Waals surface area contributed by atoms with Crippen molar-refractivity contribution in [1.29, 1.82) is 0 Å². The number of carboxylic acid groups (broad SMARTS) is 1. The molecule has 0 radical (unpaired) electrons. The molecule has 24 heavy (non-hydrogen) atoms. The van der Waals surface area contributed by atoms with Crippen molar-refractivity contribution in [2.75, 3.05) is 0 Å². The lowest BCUT2D eigenvalue weighted by molar-refractivity contribution is -0.137. The SMILES string of the molecule is Cc1ccc2c(c1)c(=O)c(Cc1ccc(O)cc1)cn2CC(=O)O. The molecule has 1 heterocycles. The van der Waals surface area contributed by atoms with E-state index in [1.165, 1.54) is 0 Å². The van der Waals surface area contributed by atoms with Gasteiger partial charge in [-0.3, -0.25) is 9.59 Å². The molecule has 2 N–H and O–H groups in total. The topological polar surface area (TPSA) is 79.5 Å². The number of aryl methyl sites for hydroxylation is 1. The predicted octanol–water partition coefficient (Wildman–Crippen LogP) is 2.69. The minimum absolute atomic E-state index is 0.0941. The van der Waals surface area contributed by atoms with E-state index in [0.717, 1.165) is 11.1 Å². The van der Waals surface area contributed by atoms with Gasteiger partial charge in [-0.1, -0.05) is 23.8 Å². The highest BCUT2D eigenvalue weighted by atomic mass is 16.4. The van der Waals surface area contributed by atoms with E-state index in [4.69, 9.17) is 5.11 Å². The van der Waals surface area contributed by atoms with Crippen LogP contribution in [0.4, 0.5) is 0 Å². The third-order valence-electron chi connectivity index (χ3n) is 3.95. The highest BCUT2D eigenvalue weighted by Gasteiger charge is 2.12. The predicted molar refractivity (Wildman–Crippen MR) is 91.5 cm³/mol. The number of carbonyl (C=O) groups is 1. The molecule has 0 spiro atoms. The summed E-state index contributed by atoms with van der Waals surface area (Å²) in [5.74, 6) is -0.799. The van der Waals surface area contributed by atoms with Gasteiger partial charge in [0.1, 0.15) is 12.3 Å². The zero-order valence-corrected chi connectivity index (χ0v) is 13.2. The Labute approximate surface area is 138 Å². The Morgan fingerprint density at radius 1 is 1.12 bits per heavy atom. The molecule has 122 valence electrons.